The zero-order valence-corrected chi connectivity index (χ0v) is 70.8. The fourth-order valence-corrected chi connectivity index (χ4v) is 12.7. The first kappa shape index (κ1) is 89.0. The second-order valence-corrected chi connectivity index (χ2v) is 28.4. The highest BCUT2D eigenvalue weighted by Gasteiger charge is 2.24. The molecule has 10 N–H and O–H groups in total. The van der Waals surface area contributed by atoms with Crippen LogP contribution < -0.4 is 59.1 Å². The third kappa shape index (κ3) is 21.8. The number of amides is 5. The summed E-state index contributed by atoms with van der Waals surface area (Å²) in [6.07, 6.45) is 4.50. The van der Waals surface area contributed by atoms with Crippen LogP contribution in [0.4, 0.5) is 33.5 Å². The first-order valence-electron chi connectivity index (χ1n) is 38.9. The van der Waals surface area contributed by atoms with Crippen molar-refractivity contribution in [1.82, 2.24) is 98.7 Å². The quantitative estimate of drug-likeness (QED) is 0.0319. The Labute approximate surface area is 709 Å². The minimum atomic E-state index is -0.622. The van der Waals surface area contributed by atoms with Crippen LogP contribution in [-0.4, -0.2) is 135 Å². The maximum absolute atomic E-state index is 13.8. The number of aryl methyl sites for hydroxylation is 10. The molecule has 0 saturated carbocycles. The van der Waals surface area contributed by atoms with Crippen molar-refractivity contribution in [2.24, 2.45) is 0 Å². The number of aromatic amines is 5. The maximum atomic E-state index is 13.8. The number of thiophene rings is 1. The molecule has 0 unspecified atom stereocenters. The van der Waals surface area contributed by atoms with Crippen LogP contribution in [0.15, 0.2) is 186 Å². The van der Waals surface area contributed by atoms with Crippen molar-refractivity contribution in [1.29, 1.82) is 0 Å². The molecule has 0 aliphatic heterocycles. The number of anilines is 5. The monoisotopic (exact) mass is 1700 g/mol. The molecule has 12 heterocycles. The summed E-state index contributed by atoms with van der Waals surface area (Å²) in [4.78, 5) is 158. The highest BCUT2D eigenvalue weighted by molar-refractivity contribution is 7.12. The summed E-state index contributed by atoms with van der Waals surface area (Å²) < 4.78 is 31.1. The summed E-state index contributed by atoms with van der Waals surface area (Å²) >= 11 is 1.35. The Morgan fingerprint density at radius 1 is 0.395 bits per heavy atom. The lowest BCUT2D eigenvalue weighted by molar-refractivity contribution is 0.0991. The average Bonchev–Trinajstić information content (AvgIpc) is 1.65. The minimum absolute atomic E-state index is 0.0856. The molecule has 0 radical (unpaired) electrons. The van der Waals surface area contributed by atoms with Gasteiger partial charge in [-0.05, 0) is 147 Å². The van der Waals surface area contributed by atoms with E-state index in [1.54, 1.807) is 152 Å². The second kappa shape index (κ2) is 40.3. The number of carbonyl (C=O) groups excluding carboxylic acids is 5. The number of nitrogens with zero attached hydrogens (tertiary/aromatic N) is 15. The zero-order chi connectivity index (χ0) is 89.2. The molecular weight excluding hydrogens is 1610 g/mol. The van der Waals surface area contributed by atoms with E-state index in [-0.39, 0.29) is 92.4 Å². The number of benzene rings is 3. The highest BCUT2D eigenvalue weighted by Crippen LogP contribution is 2.25. The van der Waals surface area contributed by atoms with Gasteiger partial charge in [0.05, 0.1) is 74.9 Å². The molecule has 39 heteroatoms. The molecule has 15 rings (SSSR count). The number of furan rings is 1. The molecule has 15 aromatic rings. The standard InChI is InChI=1S/C18H18FN5O2.C18H19N5O3.C17H17N5O2.C16H17N5O3.C16H17N5O2S/c1-4-14-11(3)16(25)22-18(20-14)24-15(9-10(2)23-24)21-17(26)12-7-5-6-8-13(12)19;1-4-12-10-16(24)21-18(19-12)23-15(9-11(2)22-23)20-17(25)13-7-5-6-8-14(13)26-3;1-3-13-10-15(23)20-17(18-13)22-14(9-11(2)21-22)19-16(24)12-7-5-4-6-8-12;2*1-4-11-10(3)14(22)19-16(17-11)21-13(8-9(2)20-21)18-15(23)12-6-5-7-24-12/h5-9H,4H2,1-3H3,(H,21,26)(H,20,22,25);5-10H,4H2,1-3H3,(H,20,25)(H,19,21,24);4-10H,3H2,1-2H3,(H,19,24)(H,18,20,23);2*5-8H,4H2,1-3H3,(H,18,23)(H,17,19,22). The summed E-state index contributed by atoms with van der Waals surface area (Å²) in [7, 11) is 1.51. The number of halogens is 1. The Balaban J connectivity index is 0.000000151. The first-order chi connectivity index (χ1) is 59.5. The van der Waals surface area contributed by atoms with Gasteiger partial charge < -0.3 is 35.7 Å². The van der Waals surface area contributed by atoms with Crippen molar-refractivity contribution in [2.45, 2.75) is 122 Å². The summed E-state index contributed by atoms with van der Waals surface area (Å²) in [5.74, 6) is 1.39. The molecule has 37 nitrogen and oxygen atoms in total. The molecule has 0 saturated heterocycles. The minimum Gasteiger partial charge on any atom is -0.496 e. The number of para-hydroxylation sites is 1. The van der Waals surface area contributed by atoms with E-state index in [2.05, 4.69) is 102 Å². The van der Waals surface area contributed by atoms with E-state index >= 15 is 0 Å². The molecule has 0 spiro atoms. The van der Waals surface area contributed by atoms with Crippen molar-refractivity contribution in [3.05, 3.63) is 316 Å². The van der Waals surface area contributed by atoms with Crippen LogP contribution >= 0.6 is 11.3 Å². The van der Waals surface area contributed by atoms with Crippen LogP contribution in [0.5, 0.6) is 5.75 Å². The summed E-state index contributed by atoms with van der Waals surface area (Å²) in [5.41, 5.74) is 7.98. The number of rotatable bonds is 21. The smallest absolute Gasteiger partial charge is 0.292 e. The van der Waals surface area contributed by atoms with Gasteiger partial charge in [-0.1, -0.05) is 83.1 Å². The first-order valence-corrected chi connectivity index (χ1v) is 39.8. The number of methoxy groups -OCH3 is 1. The van der Waals surface area contributed by atoms with Gasteiger partial charge in [0.2, 0.25) is 29.7 Å². The summed E-state index contributed by atoms with van der Waals surface area (Å²) in [6, 6.07) is 39.6. The van der Waals surface area contributed by atoms with Gasteiger partial charge in [-0.25, -0.2) is 29.3 Å². The lowest BCUT2D eigenvalue weighted by Crippen LogP contribution is -2.21. The zero-order valence-electron chi connectivity index (χ0n) is 69.9. The van der Waals surface area contributed by atoms with Gasteiger partial charge in [0.15, 0.2) is 5.76 Å². The maximum Gasteiger partial charge on any atom is 0.292 e. The van der Waals surface area contributed by atoms with Gasteiger partial charge in [0.25, 0.3) is 57.3 Å². The molecule has 0 aliphatic rings. The lowest BCUT2D eigenvalue weighted by atomic mass is 10.2. The third-order valence-corrected chi connectivity index (χ3v) is 19.2. The molecule has 124 heavy (non-hydrogen) atoms. The van der Waals surface area contributed by atoms with Gasteiger partial charge in [-0.2, -0.15) is 48.9 Å². The van der Waals surface area contributed by atoms with Gasteiger partial charge in [-0.3, -0.25) is 72.9 Å². The Morgan fingerprint density at radius 3 is 1.13 bits per heavy atom. The molecule has 0 bridgehead atoms. The Hall–Kier alpha value is -15.8. The number of aromatic nitrogens is 20. The predicted octanol–water partition coefficient (Wildman–Crippen LogP) is 11.1. The number of hydrogen-bond donors (Lipinski definition) is 10. The van der Waals surface area contributed by atoms with Crippen LogP contribution in [0.1, 0.15) is 160 Å². The normalized spacial score (nSPS) is 10.7. The molecule has 5 amide bonds. The molecule has 638 valence electrons. The number of hydrogen-bond acceptors (Lipinski definition) is 23. The molecule has 12 aromatic heterocycles. The van der Waals surface area contributed by atoms with E-state index in [1.165, 1.54) is 78.5 Å². The number of ether oxygens (including phenoxy) is 1. The van der Waals surface area contributed by atoms with Crippen molar-refractivity contribution >= 4 is 70.0 Å². The van der Waals surface area contributed by atoms with Crippen molar-refractivity contribution in [3.63, 3.8) is 0 Å². The Morgan fingerprint density at radius 2 is 0.758 bits per heavy atom. The number of carbonyl (C=O) groups is 5. The number of nitrogens with one attached hydrogen (secondary N) is 10. The largest absolute Gasteiger partial charge is 0.496 e. The fraction of sp³-hybridized carbons (Fsp3) is 0.224. The van der Waals surface area contributed by atoms with Gasteiger partial charge in [0.1, 0.15) is 40.7 Å². The van der Waals surface area contributed by atoms with E-state index in [9.17, 15) is 52.3 Å². The fourth-order valence-electron chi connectivity index (χ4n) is 12.1. The van der Waals surface area contributed by atoms with E-state index in [4.69, 9.17) is 9.15 Å². The Kier molecular flexibility index (Phi) is 28.9. The average molecular weight is 1700 g/mol. The lowest BCUT2D eigenvalue weighted by Gasteiger charge is -2.10. The molecule has 0 aliphatic carbocycles. The van der Waals surface area contributed by atoms with Crippen molar-refractivity contribution in [2.75, 3.05) is 33.7 Å². The number of H-pyrrole nitrogens is 5. The van der Waals surface area contributed by atoms with E-state index in [1.807, 2.05) is 59.1 Å². The molecule has 0 atom stereocenters. The van der Waals surface area contributed by atoms with Crippen LogP contribution in [-0.2, 0) is 32.1 Å². The third-order valence-electron chi connectivity index (χ3n) is 18.4. The van der Waals surface area contributed by atoms with E-state index in [0.717, 1.165) is 0 Å². The topological polar surface area (TPSA) is 486 Å². The van der Waals surface area contributed by atoms with Gasteiger partial charge >= 0.3 is 0 Å². The van der Waals surface area contributed by atoms with E-state index in [0.29, 0.717) is 151 Å². The molecular formula is C85H88FN25O12S. The Bertz CT molecular complexity index is 6550. The summed E-state index contributed by atoms with van der Waals surface area (Å²) in [6.45, 7) is 23.7. The van der Waals surface area contributed by atoms with Crippen molar-refractivity contribution < 1.29 is 37.5 Å². The molecule has 3 aromatic carbocycles. The van der Waals surface area contributed by atoms with E-state index < -0.39 is 17.6 Å². The molecule has 0 fully saturated rings. The van der Waals surface area contributed by atoms with Crippen molar-refractivity contribution in [3.8, 4) is 35.5 Å². The predicted molar refractivity (Wildman–Crippen MR) is 463 cm³/mol. The van der Waals surface area contributed by atoms with Crippen LogP contribution in [0.3, 0.4) is 0 Å². The van der Waals surface area contributed by atoms with Crippen LogP contribution in [0.25, 0.3) is 29.7 Å². The highest BCUT2D eigenvalue weighted by atomic mass is 32.1. The second-order valence-electron chi connectivity index (χ2n) is 27.5. The van der Waals surface area contributed by atoms with Crippen LogP contribution in [0, 0.1) is 61.2 Å². The summed E-state index contributed by atoms with van der Waals surface area (Å²) in [5, 5.41) is 37.1. The SMILES string of the molecule is CCc1cc(=O)[nH]c(-n2nc(C)cc2NC(=O)c2ccccc2)n1.CCc1cc(=O)[nH]c(-n2nc(C)cc2NC(=O)c2ccccc2OC)n1.CCc1nc(-n2nc(C)cc2NC(=O)c2ccccc2F)[nH]c(=O)c1C.CCc1nc(-n2nc(C)cc2NC(=O)c2ccco2)[nH]c(=O)c1C.CCc1nc(-n2nc(C)cc2NC(=O)c2cccs2)[nH]c(=O)c1C. The van der Waals surface area contributed by atoms with Gasteiger partial charge in [0, 0.05) is 76.1 Å². The van der Waals surface area contributed by atoms with Gasteiger partial charge in [-0.15, -0.1) is 11.3 Å². The van der Waals surface area contributed by atoms with Crippen LogP contribution in [0.2, 0.25) is 0 Å².